The van der Waals surface area contributed by atoms with Gasteiger partial charge >= 0.3 is 0 Å². The zero-order chi connectivity index (χ0) is 14.3. The molecule has 0 radical (unpaired) electrons. The first-order valence-corrected chi connectivity index (χ1v) is 7.01. The molecule has 0 aliphatic heterocycles. The molecule has 0 saturated heterocycles. The molecule has 0 heterocycles. The molecule has 0 spiro atoms. The molecule has 19 heavy (non-hydrogen) atoms. The molecule has 0 aromatic heterocycles. The van der Waals surface area contributed by atoms with Crippen molar-refractivity contribution >= 4 is 6.08 Å². The Hall–Kier alpha value is -1.82. The zero-order valence-electron chi connectivity index (χ0n) is 12.7. The van der Waals surface area contributed by atoms with Gasteiger partial charge in [0.2, 0.25) is 0 Å². The second kappa shape index (κ2) is 7.58. The van der Waals surface area contributed by atoms with E-state index in [1.54, 1.807) is 0 Å². The standard InChI is InChI=1S/C17H18.C2H6/c1-4-5-15-10-11-17(12-14(15)3)16-8-6-13(2)7-9-16;1-2/h4-12H,1-3H3;1-2H3/b5-4-;. The van der Waals surface area contributed by atoms with Gasteiger partial charge in [-0.05, 0) is 43.0 Å². The Bertz CT molecular complexity index is 530. The van der Waals surface area contributed by atoms with E-state index >= 15 is 0 Å². The Morgan fingerprint density at radius 3 is 1.89 bits per heavy atom. The van der Waals surface area contributed by atoms with Gasteiger partial charge in [0.1, 0.15) is 0 Å². The fourth-order valence-electron chi connectivity index (χ4n) is 1.97. The lowest BCUT2D eigenvalue weighted by molar-refractivity contribution is 1.42. The van der Waals surface area contributed by atoms with Crippen LogP contribution in [0.25, 0.3) is 17.2 Å². The SMILES string of the molecule is C/C=C\c1ccc(-c2ccc(C)cc2)cc1C.CC. The summed E-state index contributed by atoms with van der Waals surface area (Å²) in [4.78, 5) is 0. The second-order valence-corrected chi connectivity index (χ2v) is 4.44. The number of hydrogen-bond donors (Lipinski definition) is 0. The van der Waals surface area contributed by atoms with Gasteiger partial charge in [0.25, 0.3) is 0 Å². The predicted molar refractivity (Wildman–Crippen MR) is 87.4 cm³/mol. The summed E-state index contributed by atoms with van der Waals surface area (Å²) in [6.45, 7) is 10.3. The first-order chi connectivity index (χ1) is 9.20. The van der Waals surface area contributed by atoms with Crippen LogP contribution in [0.15, 0.2) is 48.5 Å². The molecule has 0 saturated carbocycles. The van der Waals surface area contributed by atoms with E-state index in [1.807, 2.05) is 20.8 Å². The van der Waals surface area contributed by atoms with Crippen molar-refractivity contribution in [3.8, 4) is 11.1 Å². The molecule has 0 fully saturated rings. The van der Waals surface area contributed by atoms with E-state index in [4.69, 9.17) is 0 Å². The van der Waals surface area contributed by atoms with Gasteiger partial charge in [0, 0.05) is 0 Å². The zero-order valence-corrected chi connectivity index (χ0v) is 12.7. The average molecular weight is 252 g/mol. The molecule has 0 amide bonds. The van der Waals surface area contributed by atoms with Crippen molar-refractivity contribution in [1.29, 1.82) is 0 Å². The van der Waals surface area contributed by atoms with Crippen LogP contribution in [-0.2, 0) is 0 Å². The maximum atomic E-state index is 2.25. The van der Waals surface area contributed by atoms with Crippen molar-refractivity contribution in [2.24, 2.45) is 0 Å². The molecule has 2 aromatic carbocycles. The van der Waals surface area contributed by atoms with E-state index in [0.29, 0.717) is 0 Å². The predicted octanol–water partition coefficient (Wildman–Crippen LogP) is 6.03. The van der Waals surface area contributed by atoms with Crippen molar-refractivity contribution in [2.45, 2.75) is 34.6 Å². The van der Waals surface area contributed by atoms with Crippen molar-refractivity contribution in [1.82, 2.24) is 0 Å². The van der Waals surface area contributed by atoms with Crippen LogP contribution in [0.2, 0.25) is 0 Å². The smallest absolute Gasteiger partial charge is 0.0181 e. The van der Waals surface area contributed by atoms with Gasteiger partial charge < -0.3 is 0 Å². The van der Waals surface area contributed by atoms with E-state index in [0.717, 1.165) is 0 Å². The van der Waals surface area contributed by atoms with Gasteiger partial charge in [-0.3, -0.25) is 0 Å². The summed E-state index contributed by atoms with van der Waals surface area (Å²) >= 11 is 0. The number of allylic oxidation sites excluding steroid dienone is 1. The van der Waals surface area contributed by atoms with Crippen LogP contribution in [-0.4, -0.2) is 0 Å². The van der Waals surface area contributed by atoms with Crippen molar-refractivity contribution in [3.05, 3.63) is 65.2 Å². The van der Waals surface area contributed by atoms with Crippen LogP contribution in [0.5, 0.6) is 0 Å². The molecular formula is C19H24. The summed E-state index contributed by atoms with van der Waals surface area (Å²) in [5.74, 6) is 0. The summed E-state index contributed by atoms with van der Waals surface area (Å²) in [5, 5.41) is 0. The van der Waals surface area contributed by atoms with Crippen LogP contribution in [0.4, 0.5) is 0 Å². The maximum absolute atomic E-state index is 2.25. The molecule has 0 bridgehead atoms. The Kier molecular flexibility index (Phi) is 6.08. The largest absolute Gasteiger partial charge is 0.0871 e. The number of rotatable bonds is 2. The lowest BCUT2D eigenvalue weighted by atomic mass is 9.99. The fourth-order valence-corrected chi connectivity index (χ4v) is 1.97. The third-order valence-corrected chi connectivity index (χ3v) is 3.00. The number of aryl methyl sites for hydroxylation is 2. The summed E-state index contributed by atoms with van der Waals surface area (Å²) < 4.78 is 0. The molecule has 0 aliphatic carbocycles. The monoisotopic (exact) mass is 252 g/mol. The minimum Gasteiger partial charge on any atom is -0.0871 e. The summed E-state index contributed by atoms with van der Waals surface area (Å²) in [7, 11) is 0. The minimum atomic E-state index is 1.28. The molecule has 0 atom stereocenters. The van der Waals surface area contributed by atoms with Gasteiger partial charge in [-0.25, -0.2) is 0 Å². The highest BCUT2D eigenvalue weighted by Gasteiger charge is 2.00. The van der Waals surface area contributed by atoms with Crippen LogP contribution in [0, 0.1) is 13.8 Å². The molecule has 0 heteroatoms. The number of benzene rings is 2. The highest BCUT2D eigenvalue weighted by atomic mass is 14.0. The Morgan fingerprint density at radius 1 is 0.789 bits per heavy atom. The molecule has 100 valence electrons. The van der Waals surface area contributed by atoms with Crippen LogP contribution < -0.4 is 0 Å². The topological polar surface area (TPSA) is 0 Å². The van der Waals surface area contributed by atoms with Crippen molar-refractivity contribution < 1.29 is 0 Å². The average Bonchev–Trinajstić information content (AvgIpc) is 2.44. The third-order valence-electron chi connectivity index (χ3n) is 3.00. The Morgan fingerprint density at radius 2 is 1.37 bits per heavy atom. The highest BCUT2D eigenvalue weighted by Crippen LogP contribution is 2.23. The van der Waals surface area contributed by atoms with E-state index in [9.17, 15) is 0 Å². The number of hydrogen-bond acceptors (Lipinski definition) is 0. The van der Waals surface area contributed by atoms with Gasteiger partial charge in [0.05, 0.1) is 0 Å². The first-order valence-electron chi connectivity index (χ1n) is 7.01. The summed E-state index contributed by atoms with van der Waals surface area (Å²) in [6, 6.07) is 15.3. The first kappa shape index (κ1) is 15.2. The van der Waals surface area contributed by atoms with Crippen LogP contribution in [0.3, 0.4) is 0 Å². The van der Waals surface area contributed by atoms with Gasteiger partial charge in [-0.2, -0.15) is 0 Å². The highest BCUT2D eigenvalue weighted by molar-refractivity contribution is 5.67. The normalized spacial score (nSPS) is 10.2. The summed E-state index contributed by atoms with van der Waals surface area (Å²) in [6.07, 6.45) is 4.22. The molecule has 0 nitrogen and oxygen atoms in total. The van der Waals surface area contributed by atoms with E-state index < -0.39 is 0 Å². The fraction of sp³-hybridized carbons (Fsp3) is 0.263. The lowest BCUT2D eigenvalue weighted by Gasteiger charge is -2.06. The van der Waals surface area contributed by atoms with E-state index in [-0.39, 0.29) is 0 Å². The molecule has 0 N–H and O–H groups in total. The van der Waals surface area contributed by atoms with Crippen molar-refractivity contribution in [3.63, 3.8) is 0 Å². The Balaban J connectivity index is 0.000000861. The van der Waals surface area contributed by atoms with Crippen LogP contribution >= 0.6 is 0 Å². The van der Waals surface area contributed by atoms with Gasteiger partial charge in [-0.1, -0.05) is 74.0 Å². The minimum absolute atomic E-state index is 1.28. The molecule has 2 rings (SSSR count). The third kappa shape index (κ3) is 4.10. The van der Waals surface area contributed by atoms with Gasteiger partial charge in [0.15, 0.2) is 0 Å². The molecule has 2 aromatic rings. The molecule has 0 aliphatic rings. The lowest BCUT2D eigenvalue weighted by Crippen LogP contribution is -1.84. The summed E-state index contributed by atoms with van der Waals surface area (Å²) in [5.41, 5.74) is 6.49. The van der Waals surface area contributed by atoms with Crippen molar-refractivity contribution in [2.75, 3.05) is 0 Å². The maximum Gasteiger partial charge on any atom is -0.0181 e. The van der Waals surface area contributed by atoms with E-state index in [1.165, 1.54) is 27.8 Å². The van der Waals surface area contributed by atoms with Crippen LogP contribution in [0.1, 0.15) is 37.5 Å². The quantitative estimate of drug-likeness (QED) is 0.612. The van der Waals surface area contributed by atoms with E-state index in [2.05, 4.69) is 68.5 Å². The second-order valence-electron chi connectivity index (χ2n) is 4.44. The van der Waals surface area contributed by atoms with Gasteiger partial charge in [-0.15, -0.1) is 0 Å². The Labute approximate surface area is 117 Å². The molecule has 0 unspecified atom stereocenters. The molecular weight excluding hydrogens is 228 g/mol.